The standard InChI is InChI=1S/C2H5NO2.Na.2H2O/c3-1-2(4)5;;;/h1,3H2,(H,4,5);;2*1H2/q;+1;;/p-1. The summed E-state index contributed by atoms with van der Waals surface area (Å²) in [5, 5.41) is 7.60. The van der Waals surface area contributed by atoms with E-state index in [1.807, 2.05) is 0 Å². The van der Waals surface area contributed by atoms with E-state index in [4.69, 9.17) is 5.11 Å². The molecule has 0 atom stereocenters. The maximum atomic E-state index is 9.24. The summed E-state index contributed by atoms with van der Waals surface area (Å²) >= 11 is 0. The minimum absolute atomic E-state index is 0. The molecule has 0 aliphatic rings. The summed E-state index contributed by atoms with van der Waals surface area (Å²) in [5.74, 6) is -0.968. The average Bonchev–Trinajstić information content (AvgIpc) is 1.38. The van der Waals surface area contributed by atoms with Gasteiger partial charge in [-0.1, -0.05) is 0 Å². The van der Waals surface area contributed by atoms with Gasteiger partial charge in [-0.2, -0.15) is 0 Å². The summed E-state index contributed by atoms with van der Waals surface area (Å²) in [6.45, 7) is -0.278. The second-order valence-electron chi connectivity index (χ2n) is 0.598. The first kappa shape index (κ1) is 23.8. The molecule has 0 spiro atoms. The van der Waals surface area contributed by atoms with Crippen molar-refractivity contribution in [2.45, 2.75) is 0 Å². The van der Waals surface area contributed by atoms with E-state index in [0.29, 0.717) is 0 Å². The largest absolute Gasteiger partial charge is 1.00 e. The van der Waals surface area contributed by atoms with Crippen molar-refractivity contribution >= 4 is 5.97 Å². The number of aliphatic carboxylic acids is 1. The number of rotatable bonds is 1. The van der Waals surface area contributed by atoms with E-state index in [0.717, 1.165) is 0 Å². The van der Waals surface area contributed by atoms with Crippen molar-refractivity contribution in [1.29, 1.82) is 0 Å². The zero-order valence-corrected chi connectivity index (χ0v) is 6.59. The topological polar surface area (TPSA) is 125 Å². The van der Waals surface area contributed by atoms with Gasteiger partial charge in [0.25, 0.3) is 0 Å². The van der Waals surface area contributed by atoms with Crippen molar-refractivity contribution in [3.63, 3.8) is 0 Å². The van der Waals surface area contributed by atoms with E-state index in [9.17, 15) is 4.79 Å². The van der Waals surface area contributed by atoms with Crippen molar-refractivity contribution in [1.82, 2.24) is 0 Å². The number of hydrogen-bond donors (Lipinski definition) is 2. The monoisotopic (exact) mass is 133 g/mol. The van der Waals surface area contributed by atoms with Crippen LogP contribution in [0.15, 0.2) is 0 Å². The van der Waals surface area contributed by atoms with E-state index >= 15 is 0 Å². The first-order valence-electron chi connectivity index (χ1n) is 1.19. The molecule has 6 heteroatoms. The molecule has 0 aliphatic carbocycles. The first-order valence-corrected chi connectivity index (χ1v) is 1.19. The van der Waals surface area contributed by atoms with E-state index < -0.39 is 5.97 Å². The predicted molar refractivity (Wildman–Crippen MR) is 22.2 cm³/mol. The molecule has 0 saturated heterocycles. The van der Waals surface area contributed by atoms with Gasteiger partial charge in [0.1, 0.15) is 0 Å². The fraction of sp³-hybridized carbons (Fsp3) is 0.500. The van der Waals surface area contributed by atoms with Crippen molar-refractivity contribution in [2.75, 3.05) is 6.54 Å². The molecule has 0 bridgehead atoms. The van der Waals surface area contributed by atoms with E-state index in [1.165, 1.54) is 0 Å². The Kier molecular flexibility index (Phi) is 46.7. The van der Waals surface area contributed by atoms with Crippen LogP contribution in [0, 0.1) is 0 Å². The molecule has 0 aromatic heterocycles. The van der Waals surface area contributed by atoms with Gasteiger partial charge < -0.3 is 21.8 Å². The van der Waals surface area contributed by atoms with Crippen LogP contribution in [0.5, 0.6) is 0 Å². The summed E-state index contributed by atoms with van der Waals surface area (Å²) in [5.41, 5.74) is 4.57. The Hall–Kier alpha value is 0.350. The molecular formula is C2H8NNaO4. The van der Waals surface area contributed by atoms with Gasteiger partial charge in [-0.15, -0.1) is 0 Å². The van der Waals surface area contributed by atoms with Crippen LogP contribution < -0.4 is 35.3 Å². The summed E-state index contributed by atoms with van der Waals surface area (Å²) in [6.07, 6.45) is 0. The third-order valence-corrected chi connectivity index (χ3v) is 0.175. The van der Waals surface area contributed by atoms with Gasteiger partial charge in [0.2, 0.25) is 0 Å². The van der Waals surface area contributed by atoms with E-state index in [2.05, 4.69) is 5.73 Å². The minimum Gasteiger partial charge on any atom is -0.870 e. The van der Waals surface area contributed by atoms with Gasteiger partial charge in [0, 0.05) is 0 Å². The number of hydrogen-bond acceptors (Lipinski definition) is 3. The fourth-order valence-electron chi connectivity index (χ4n) is 0. The first-order chi connectivity index (χ1) is 2.27. The minimum atomic E-state index is -0.968. The van der Waals surface area contributed by atoms with Gasteiger partial charge in [-0.25, -0.2) is 0 Å². The quantitative estimate of drug-likeness (QED) is 0.347. The molecule has 0 aromatic rings. The second kappa shape index (κ2) is 15.7. The Morgan fingerprint density at radius 3 is 1.75 bits per heavy atom. The van der Waals surface area contributed by atoms with Gasteiger partial charge in [-0.05, 0) is 0 Å². The number of carboxylic acids is 1. The van der Waals surface area contributed by atoms with Crippen molar-refractivity contribution in [3.05, 3.63) is 0 Å². The van der Waals surface area contributed by atoms with E-state index in [-0.39, 0.29) is 47.1 Å². The molecule has 0 heterocycles. The smallest absolute Gasteiger partial charge is 0.870 e. The van der Waals surface area contributed by atoms with E-state index in [1.54, 1.807) is 0 Å². The van der Waals surface area contributed by atoms with Crippen LogP contribution in [-0.2, 0) is 4.79 Å². The Morgan fingerprint density at radius 1 is 1.62 bits per heavy atom. The van der Waals surface area contributed by atoms with Gasteiger partial charge in [-0.3, -0.25) is 4.79 Å². The fourth-order valence-corrected chi connectivity index (χ4v) is 0. The molecule has 0 amide bonds. The van der Waals surface area contributed by atoms with Crippen LogP contribution in [0.2, 0.25) is 0 Å². The Bertz CT molecular complexity index is 49.3. The van der Waals surface area contributed by atoms with Crippen LogP contribution >= 0.6 is 0 Å². The SMILES string of the molecule is NCC(=O)O.O.[Na+].[OH-]. The molecule has 0 fully saturated rings. The molecule has 5 nitrogen and oxygen atoms in total. The molecule has 8 heavy (non-hydrogen) atoms. The molecule has 46 valence electrons. The van der Waals surface area contributed by atoms with Gasteiger partial charge >= 0.3 is 35.5 Å². The normalized spacial score (nSPS) is 4.62. The van der Waals surface area contributed by atoms with Crippen LogP contribution in [0.1, 0.15) is 0 Å². The van der Waals surface area contributed by atoms with Gasteiger partial charge in [0.05, 0.1) is 6.54 Å². The Labute approximate surface area is 68.8 Å². The maximum Gasteiger partial charge on any atom is 1.00 e. The third-order valence-electron chi connectivity index (χ3n) is 0.175. The second-order valence-corrected chi connectivity index (χ2v) is 0.598. The van der Waals surface area contributed by atoms with Crippen molar-refractivity contribution < 1.29 is 50.4 Å². The van der Waals surface area contributed by atoms with Crippen molar-refractivity contribution in [3.8, 4) is 0 Å². The Morgan fingerprint density at radius 2 is 1.75 bits per heavy atom. The van der Waals surface area contributed by atoms with Crippen LogP contribution in [0.3, 0.4) is 0 Å². The molecule has 0 aliphatic heterocycles. The van der Waals surface area contributed by atoms with Crippen LogP contribution in [0.4, 0.5) is 0 Å². The molecule has 0 aromatic carbocycles. The zero-order valence-electron chi connectivity index (χ0n) is 4.59. The van der Waals surface area contributed by atoms with Crippen LogP contribution in [-0.4, -0.2) is 28.6 Å². The molecule has 0 unspecified atom stereocenters. The summed E-state index contributed by atoms with van der Waals surface area (Å²) in [7, 11) is 0. The number of nitrogens with two attached hydrogens (primary N) is 1. The number of carbonyl (C=O) groups is 1. The molecule has 6 N–H and O–H groups in total. The number of carboxylic acid groups (broad SMARTS) is 1. The average molecular weight is 133 g/mol. The molecule has 0 rings (SSSR count). The zero-order chi connectivity index (χ0) is 4.28. The molecule has 0 radical (unpaired) electrons. The van der Waals surface area contributed by atoms with Crippen LogP contribution in [0.25, 0.3) is 0 Å². The third kappa shape index (κ3) is 32.9. The Balaban J connectivity index is -0.0000000267. The summed E-state index contributed by atoms with van der Waals surface area (Å²) in [6, 6.07) is 0. The molecule has 0 saturated carbocycles. The predicted octanol–water partition coefficient (Wildman–Crippen LogP) is -4.97. The maximum absolute atomic E-state index is 9.24. The summed E-state index contributed by atoms with van der Waals surface area (Å²) in [4.78, 5) is 9.24. The molecular weight excluding hydrogens is 125 g/mol. The van der Waals surface area contributed by atoms with Crippen molar-refractivity contribution in [2.24, 2.45) is 5.73 Å². The summed E-state index contributed by atoms with van der Waals surface area (Å²) < 4.78 is 0. The van der Waals surface area contributed by atoms with Gasteiger partial charge in [0.15, 0.2) is 0 Å².